The maximum atomic E-state index is 11.5. The maximum Gasteiger partial charge on any atom is 0.311 e. The highest BCUT2D eigenvalue weighted by Crippen LogP contribution is 2.39. The van der Waals surface area contributed by atoms with E-state index in [0.717, 1.165) is 18.1 Å². The van der Waals surface area contributed by atoms with Gasteiger partial charge in [-0.15, -0.1) is 0 Å². The third kappa shape index (κ3) is 2.05. The van der Waals surface area contributed by atoms with E-state index in [0.29, 0.717) is 13.0 Å². The second kappa shape index (κ2) is 4.55. The van der Waals surface area contributed by atoms with Gasteiger partial charge in [-0.2, -0.15) is 0 Å². The highest BCUT2D eigenvalue weighted by molar-refractivity contribution is 5.77. The van der Waals surface area contributed by atoms with Gasteiger partial charge in [-0.1, -0.05) is 13.8 Å². The monoisotopic (exact) mass is 249 g/mol. The van der Waals surface area contributed by atoms with Crippen LogP contribution in [0.1, 0.15) is 26.0 Å². The number of hydrogen-bond acceptors (Lipinski definition) is 4. The number of aryl methyl sites for hydroxylation is 1. The highest BCUT2D eigenvalue weighted by Gasteiger charge is 2.47. The minimum Gasteiger partial charge on any atom is -0.481 e. The normalized spacial score (nSPS) is 23.7. The molecular weight excluding hydrogens is 230 g/mol. The van der Waals surface area contributed by atoms with Gasteiger partial charge in [0.05, 0.1) is 5.41 Å². The Morgan fingerprint density at radius 2 is 2.22 bits per heavy atom. The summed E-state index contributed by atoms with van der Waals surface area (Å²) in [6.45, 7) is 7.12. The number of hydrogen-bond donors (Lipinski definition) is 1. The summed E-state index contributed by atoms with van der Waals surface area (Å²) in [6, 6.07) is 1.90. The van der Waals surface area contributed by atoms with Crippen LogP contribution in [-0.2, 0) is 4.79 Å². The zero-order valence-corrected chi connectivity index (χ0v) is 11.1. The molecule has 1 fully saturated rings. The summed E-state index contributed by atoms with van der Waals surface area (Å²) in [5, 5.41) is 9.49. The van der Waals surface area contributed by atoms with E-state index in [1.54, 1.807) is 0 Å². The van der Waals surface area contributed by atoms with E-state index < -0.39 is 11.4 Å². The second-order valence-corrected chi connectivity index (χ2v) is 5.31. The van der Waals surface area contributed by atoms with Crippen molar-refractivity contribution in [3.63, 3.8) is 0 Å². The summed E-state index contributed by atoms with van der Waals surface area (Å²) in [5.74, 6) is 0.236. The van der Waals surface area contributed by atoms with Gasteiger partial charge in [-0.25, -0.2) is 9.97 Å². The van der Waals surface area contributed by atoms with Gasteiger partial charge in [0.2, 0.25) is 0 Å². The van der Waals surface area contributed by atoms with Crippen LogP contribution in [0.3, 0.4) is 0 Å². The summed E-state index contributed by atoms with van der Waals surface area (Å²) in [7, 11) is 0. The lowest BCUT2D eigenvalue weighted by atomic mass is 9.76. The number of carbonyl (C=O) groups is 1. The van der Waals surface area contributed by atoms with Gasteiger partial charge in [-0.05, 0) is 19.3 Å². The van der Waals surface area contributed by atoms with Crippen molar-refractivity contribution < 1.29 is 9.90 Å². The fraction of sp³-hybridized carbons (Fsp3) is 0.615. The molecule has 0 amide bonds. The van der Waals surface area contributed by atoms with Gasteiger partial charge in [0.15, 0.2) is 0 Å². The summed E-state index contributed by atoms with van der Waals surface area (Å²) >= 11 is 0. The van der Waals surface area contributed by atoms with E-state index >= 15 is 0 Å². The Labute approximate surface area is 107 Å². The molecule has 0 bridgehead atoms. The standard InChI is InChI=1S/C13H19N3O2/c1-9(2)13(12(17)18)4-5-16(7-13)11-6-10(3)14-8-15-11/h6,8-9H,4-5,7H2,1-3H3,(H,17,18). The molecule has 1 aromatic heterocycles. The Morgan fingerprint density at radius 3 is 2.72 bits per heavy atom. The first-order valence-corrected chi connectivity index (χ1v) is 6.23. The van der Waals surface area contributed by atoms with E-state index in [9.17, 15) is 9.90 Å². The minimum absolute atomic E-state index is 0.114. The summed E-state index contributed by atoms with van der Waals surface area (Å²) in [6.07, 6.45) is 2.20. The van der Waals surface area contributed by atoms with E-state index in [1.807, 2.05) is 31.7 Å². The lowest BCUT2D eigenvalue weighted by molar-refractivity contribution is -0.150. The molecule has 1 aromatic rings. The van der Waals surface area contributed by atoms with Crippen LogP contribution in [0.5, 0.6) is 0 Å². The molecule has 2 heterocycles. The Balaban J connectivity index is 2.24. The Kier molecular flexibility index (Phi) is 3.24. The SMILES string of the molecule is Cc1cc(N2CCC(C(=O)O)(C(C)C)C2)ncn1. The minimum atomic E-state index is -0.703. The fourth-order valence-corrected chi connectivity index (χ4v) is 2.53. The molecule has 1 unspecified atom stereocenters. The zero-order chi connectivity index (χ0) is 13.3. The topological polar surface area (TPSA) is 66.3 Å². The number of nitrogens with zero attached hydrogens (tertiary/aromatic N) is 3. The van der Waals surface area contributed by atoms with E-state index in [-0.39, 0.29) is 5.92 Å². The van der Waals surface area contributed by atoms with Gasteiger partial charge in [0, 0.05) is 24.8 Å². The third-order valence-electron chi connectivity index (χ3n) is 3.95. The number of carboxylic acids is 1. The van der Waals surface area contributed by atoms with Crippen molar-refractivity contribution in [1.82, 2.24) is 9.97 Å². The second-order valence-electron chi connectivity index (χ2n) is 5.31. The predicted octanol–water partition coefficient (Wildman–Crippen LogP) is 1.72. The van der Waals surface area contributed by atoms with Crippen molar-refractivity contribution in [2.24, 2.45) is 11.3 Å². The molecule has 0 radical (unpaired) electrons. The van der Waals surface area contributed by atoms with Gasteiger partial charge >= 0.3 is 5.97 Å². The molecule has 1 aliphatic rings. The number of carboxylic acid groups (broad SMARTS) is 1. The van der Waals surface area contributed by atoms with Gasteiger partial charge in [-0.3, -0.25) is 4.79 Å². The third-order valence-corrected chi connectivity index (χ3v) is 3.95. The number of aromatic nitrogens is 2. The maximum absolute atomic E-state index is 11.5. The average Bonchev–Trinajstić information content (AvgIpc) is 2.75. The first-order chi connectivity index (χ1) is 8.45. The van der Waals surface area contributed by atoms with Crippen molar-refractivity contribution in [3.8, 4) is 0 Å². The van der Waals surface area contributed by atoms with Gasteiger partial charge in [0.1, 0.15) is 12.1 Å². The van der Waals surface area contributed by atoms with Crippen molar-refractivity contribution in [2.75, 3.05) is 18.0 Å². The van der Waals surface area contributed by atoms with E-state index in [4.69, 9.17) is 0 Å². The van der Waals surface area contributed by atoms with Crippen LogP contribution >= 0.6 is 0 Å². The van der Waals surface area contributed by atoms with Crippen molar-refractivity contribution >= 4 is 11.8 Å². The first-order valence-electron chi connectivity index (χ1n) is 6.23. The molecule has 1 saturated heterocycles. The molecule has 0 aliphatic carbocycles. The first kappa shape index (κ1) is 12.8. The molecule has 1 aliphatic heterocycles. The predicted molar refractivity (Wildman–Crippen MR) is 68.5 cm³/mol. The lowest BCUT2D eigenvalue weighted by Crippen LogP contribution is -2.39. The number of aliphatic carboxylic acids is 1. The van der Waals surface area contributed by atoms with E-state index in [2.05, 4.69) is 9.97 Å². The van der Waals surface area contributed by atoms with Crippen LogP contribution in [0.4, 0.5) is 5.82 Å². The molecule has 18 heavy (non-hydrogen) atoms. The van der Waals surface area contributed by atoms with Crippen LogP contribution in [0.25, 0.3) is 0 Å². The van der Waals surface area contributed by atoms with E-state index in [1.165, 1.54) is 6.33 Å². The van der Waals surface area contributed by atoms with Crippen molar-refractivity contribution in [1.29, 1.82) is 0 Å². The van der Waals surface area contributed by atoms with Gasteiger partial charge < -0.3 is 10.0 Å². The molecule has 0 aromatic carbocycles. The van der Waals surface area contributed by atoms with Crippen LogP contribution < -0.4 is 4.90 Å². The van der Waals surface area contributed by atoms with Crippen LogP contribution in [0.15, 0.2) is 12.4 Å². The largest absolute Gasteiger partial charge is 0.481 e. The van der Waals surface area contributed by atoms with Crippen LogP contribution in [0.2, 0.25) is 0 Å². The molecular formula is C13H19N3O2. The molecule has 2 rings (SSSR count). The number of rotatable bonds is 3. The number of anilines is 1. The summed E-state index contributed by atoms with van der Waals surface area (Å²) < 4.78 is 0. The lowest BCUT2D eigenvalue weighted by Gasteiger charge is -2.28. The summed E-state index contributed by atoms with van der Waals surface area (Å²) in [4.78, 5) is 21.9. The molecule has 5 heteroatoms. The van der Waals surface area contributed by atoms with Crippen LogP contribution in [-0.4, -0.2) is 34.1 Å². The Morgan fingerprint density at radius 1 is 1.50 bits per heavy atom. The Bertz CT molecular complexity index is 461. The highest BCUT2D eigenvalue weighted by atomic mass is 16.4. The quantitative estimate of drug-likeness (QED) is 0.883. The molecule has 1 atom stereocenters. The average molecular weight is 249 g/mol. The smallest absolute Gasteiger partial charge is 0.311 e. The van der Waals surface area contributed by atoms with Crippen LogP contribution in [0, 0.1) is 18.3 Å². The van der Waals surface area contributed by atoms with Gasteiger partial charge in [0.25, 0.3) is 0 Å². The molecule has 0 saturated carbocycles. The van der Waals surface area contributed by atoms with Crippen molar-refractivity contribution in [2.45, 2.75) is 27.2 Å². The molecule has 0 spiro atoms. The van der Waals surface area contributed by atoms with Crippen molar-refractivity contribution in [3.05, 3.63) is 18.1 Å². The fourth-order valence-electron chi connectivity index (χ4n) is 2.53. The molecule has 98 valence electrons. The molecule has 1 N–H and O–H groups in total. The summed E-state index contributed by atoms with van der Waals surface area (Å²) in [5.41, 5.74) is 0.246. The Hall–Kier alpha value is -1.65. The zero-order valence-electron chi connectivity index (χ0n) is 11.1. The molecule has 5 nitrogen and oxygen atoms in total.